The van der Waals surface area contributed by atoms with E-state index in [9.17, 15) is 9.59 Å². The third kappa shape index (κ3) is 4.46. The number of amides is 2. The minimum atomic E-state index is -0.238. The van der Waals surface area contributed by atoms with E-state index in [1.165, 1.54) is 0 Å². The molecule has 0 bridgehead atoms. The molecular weight excluding hydrogens is 364 g/mol. The van der Waals surface area contributed by atoms with Crippen LogP contribution < -0.4 is 15.0 Å². The van der Waals surface area contributed by atoms with Gasteiger partial charge in [0.2, 0.25) is 5.91 Å². The highest BCUT2D eigenvalue weighted by atomic mass is 16.5. The summed E-state index contributed by atoms with van der Waals surface area (Å²) in [6.45, 7) is 0.662. The van der Waals surface area contributed by atoms with Crippen LogP contribution in [0.3, 0.4) is 0 Å². The lowest BCUT2D eigenvalue weighted by atomic mass is 10.1. The van der Waals surface area contributed by atoms with E-state index in [0.29, 0.717) is 17.9 Å². The molecule has 1 aliphatic rings. The van der Waals surface area contributed by atoms with Crippen molar-refractivity contribution in [3.8, 4) is 16.9 Å². The summed E-state index contributed by atoms with van der Waals surface area (Å²) in [5, 5.41) is 2.83. The van der Waals surface area contributed by atoms with Crippen LogP contribution in [-0.2, 0) is 9.59 Å². The Balaban J connectivity index is 1.37. The predicted molar refractivity (Wildman–Crippen MR) is 114 cm³/mol. The maximum Gasteiger partial charge on any atom is 0.262 e. The van der Waals surface area contributed by atoms with Gasteiger partial charge in [0.1, 0.15) is 5.75 Å². The number of nitrogens with zero attached hydrogens (tertiary/aromatic N) is 1. The number of nitrogens with one attached hydrogen (secondary N) is 1. The highest BCUT2D eigenvalue weighted by Crippen LogP contribution is 2.29. The first-order chi connectivity index (χ1) is 14.2. The summed E-state index contributed by atoms with van der Waals surface area (Å²) >= 11 is 0. The van der Waals surface area contributed by atoms with Gasteiger partial charge < -0.3 is 15.0 Å². The van der Waals surface area contributed by atoms with Gasteiger partial charge in [0.15, 0.2) is 6.61 Å². The summed E-state index contributed by atoms with van der Waals surface area (Å²) in [6, 6.07) is 24.9. The summed E-state index contributed by atoms with van der Waals surface area (Å²) in [6.07, 6.45) is 1.49. The molecule has 0 atom stereocenters. The quantitative estimate of drug-likeness (QED) is 0.679. The molecule has 3 aromatic rings. The Hall–Kier alpha value is -3.60. The van der Waals surface area contributed by atoms with Crippen LogP contribution in [0.4, 0.5) is 11.4 Å². The monoisotopic (exact) mass is 386 g/mol. The first kappa shape index (κ1) is 18.7. The Bertz CT molecular complexity index is 1000. The summed E-state index contributed by atoms with van der Waals surface area (Å²) in [7, 11) is 0. The molecule has 1 heterocycles. The molecule has 5 heteroatoms. The molecule has 146 valence electrons. The normalized spacial score (nSPS) is 13.4. The second-order valence-electron chi connectivity index (χ2n) is 6.89. The maximum absolute atomic E-state index is 12.3. The van der Waals surface area contributed by atoms with E-state index >= 15 is 0 Å². The summed E-state index contributed by atoms with van der Waals surface area (Å²) < 4.78 is 5.78. The van der Waals surface area contributed by atoms with Gasteiger partial charge in [0.25, 0.3) is 5.91 Å². The fourth-order valence-corrected chi connectivity index (χ4v) is 3.43. The minimum Gasteiger partial charge on any atom is -0.483 e. The minimum absolute atomic E-state index is 0.0871. The van der Waals surface area contributed by atoms with E-state index in [4.69, 9.17) is 4.74 Å². The van der Waals surface area contributed by atoms with Crippen molar-refractivity contribution >= 4 is 23.2 Å². The maximum atomic E-state index is 12.3. The largest absolute Gasteiger partial charge is 0.483 e. The molecule has 1 fully saturated rings. The Kier molecular flexibility index (Phi) is 5.56. The van der Waals surface area contributed by atoms with E-state index in [0.717, 1.165) is 29.8 Å². The van der Waals surface area contributed by atoms with E-state index < -0.39 is 0 Å². The van der Waals surface area contributed by atoms with Crippen LogP contribution in [0.25, 0.3) is 11.1 Å². The average molecular weight is 386 g/mol. The van der Waals surface area contributed by atoms with Gasteiger partial charge in [0.05, 0.1) is 0 Å². The molecule has 0 aromatic heterocycles. The van der Waals surface area contributed by atoms with Gasteiger partial charge in [-0.1, -0.05) is 48.5 Å². The zero-order chi connectivity index (χ0) is 20.1. The molecule has 1 aliphatic heterocycles. The van der Waals surface area contributed by atoms with E-state index in [-0.39, 0.29) is 18.4 Å². The Morgan fingerprint density at radius 1 is 0.931 bits per heavy atom. The molecule has 5 nitrogen and oxygen atoms in total. The number of para-hydroxylation sites is 1. The molecule has 1 saturated heterocycles. The fourth-order valence-electron chi connectivity index (χ4n) is 3.43. The predicted octanol–water partition coefficient (Wildman–Crippen LogP) is 4.50. The first-order valence-electron chi connectivity index (χ1n) is 9.68. The van der Waals surface area contributed by atoms with Crippen LogP contribution in [0.5, 0.6) is 5.75 Å². The van der Waals surface area contributed by atoms with Crippen molar-refractivity contribution in [3.63, 3.8) is 0 Å². The van der Waals surface area contributed by atoms with Gasteiger partial charge in [-0.25, -0.2) is 0 Å². The number of hydrogen-bond donors (Lipinski definition) is 1. The molecular formula is C24H22N2O3. The topological polar surface area (TPSA) is 58.6 Å². The van der Waals surface area contributed by atoms with Crippen LogP contribution in [0.15, 0.2) is 78.9 Å². The molecule has 4 rings (SSSR count). The van der Waals surface area contributed by atoms with Crippen LogP contribution in [0, 0.1) is 0 Å². The van der Waals surface area contributed by atoms with Crippen molar-refractivity contribution in [2.75, 3.05) is 23.4 Å². The van der Waals surface area contributed by atoms with Gasteiger partial charge >= 0.3 is 0 Å². The molecule has 2 amide bonds. The fraction of sp³-hybridized carbons (Fsp3) is 0.167. The molecule has 1 N–H and O–H groups in total. The molecule has 29 heavy (non-hydrogen) atoms. The second-order valence-corrected chi connectivity index (χ2v) is 6.89. The second kappa shape index (κ2) is 8.61. The summed E-state index contributed by atoms with van der Waals surface area (Å²) in [5.74, 6) is 0.571. The lowest BCUT2D eigenvalue weighted by Gasteiger charge is -2.16. The Morgan fingerprint density at radius 2 is 1.66 bits per heavy atom. The van der Waals surface area contributed by atoms with E-state index in [2.05, 4.69) is 5.32 Å². The standard InChI is InChI=1S/C24H22N2O3/c27-23(25-19-12-14-20(15-13-19)26-16-6-11-24(26)28)17-29-22-10-5-4-9-21(22)18-7-2-1-3-8-18/h1-5,7-10,12-15H,6,11,16-17H2,(H,25,27). The van der Waals surface area contributed by atoms with Crippen molar-refractivity contribution in [2.45, 2.75) is 12.8 Å². The Labute approximate surface area is 169 Å². The molecule has 0 spiro atoms. The molecule has 0 unspecified atom stereocenters. The average Bonchev–Trinajstić information content (AvgIpc) is 3.19. The first-order valence-corrected chi connectivity index (χ1v) is 9.68. The highest BCUT2D eigenvalue weighted by molar-refractivity contribution is 5.96. The number of benzene rings is 3. The van der Waals surface area contributed by atoms with Crippen LogP contribution >= 0.6 is 0 Å². The van der Waals surface area contributed by atoms with Gasteiger partial charge in [-0.2, -0.15) is 0 Å². The zero-order valence-corrected chi connectivity index (χ0v) is 16.0. The Morgan fingerprint density at radius 3 is 2.38 bits per heavy atom. The molecule has 0 saturated carbocycles. The molecule has 0 aliphatic carbocycles. The summed E-state index contributed by atoms with van der Waals surface area (Å²) in [4.78, 5) is 25.9. The highest BCUT2D eigenvalue weighted by Gasteiger charge is 2.21. The smallest absolute Gasteiger partial charge is 0.262 e. The third-order valence-corrected chi connectivity index (χ3v) is 4.87. The van der Waals surface area contributed by atoms with Gasteiger partial charge in [-0.05, 0) is 42.3 Å². The lowest BCUT2D eigenvalue weighted by molar-refractivity contribution is -0.118. The third-order valence-electron chi connectivity index (χ3n) is 4.87. The number of carbonyl (C=O) groups is 2. The van der Waals surface area contributed by atoms with Crippen molar-refractivity contribution in [1.29, 1.82) is 0 Å². The van der Waals surface area contributed by atoms with Gasteiger partial charge in [-0.15, -0.1) is 0 Å². The van der Waals surface area contributed by atoms with Crippen molar-refractivity contribution in [3.05, 3.63) is 78.9 Å². The number of rotatable bonds is 6. The number of anilines is 2. The molecule has 3 aromatic carbocycles. The lowest BCUT2D eigenvalue weighted by Crippen LogP contribution is -2.23. The van der Waals surface area contributed by atoms with E-state index in [1.54, 1.807) is 17.0 Å². The number of hydrogen-bond acceptors (Lipinski definition) is 3. The SMILES string of the molecule is O=C(COc1ccccc1-c1ccccc1)Nc1ccc(N2CCCC2=O)cc1. The van der Waals surface area contributed by atoms with Crippen LogP contribution in [0.2, 0.25) is 0 Å². The van der Waals surface area contributed by atoms with Crippen molar-refractivity contribution in [2.24, 2.45) is 0 Å². The van der Waals surface area contributed by atoms with Crippen molar-refractivity contribution in [1.82, 2.24) is 0 Å². The van der Waals surface area contributed by atoms with Crippen molar-refractivity contribution < 1.29 is 14.3 Å². The van der Waals surface area contributed by atoms with E-state index in [1.807, 2.05) is 66.7 Å². The molecule has 0 radical (unpaired) electrons. The number of carbonyl (C=O) groups excluding carboxylic acids is 2. The van der Waals surface area contributed by atoms with Crippen LogP contribution in [0.1, 0.15) is 12.8 Å². The van der Waals surface area contributed by atoms with Crippen LogP contribution in [-0.4, -0.2) is 25.0 Å². The van der Waals surface area contributed by atoms with Gasteiger partial charge in [-0.3, -0.25) is 9.59 Å². The number of ether oxygens (including phenoxy) is 1. The van der Waals surface area contributed by atoms with Gasteiger partial charge in [0, 0.05) is 29.9 Å². The zero-order valence-electron chi connectivity index (χ0n) is 16.0. The summed E-state index contributed by atoms with van der Waals surface area (Å²) in [5.41, 5.74) is 3.51.